The molecule has 304 valence electrons. The second kappa shape index (κ2) is 31.9. The Bertz CT molecular complexity index is 1150. The number of hydrogen-bond acceptors (Lipinski definition) is 10. The van der Waals surface area contributed by atoms with Gasteiger partial charge in [0.2, 0.25) is 0 Å². The van der Waals surface area contributed by atoms with E-state index in [1.54, 1.807) is 12.2 Å². The van der Waals surface area contributed by atoms with E-state index in [9.17, 15) is 28.9 Å². The maximum atomic E-state index is 12.6. The minimum atomic E-state index is -4.42. The summed E-state index contributed by atoms with van der Waals surface area (Å²) in [7, 11) is -4.42. The summed E-state index contributed by atoms with van der Waals surface area (Å²) in [5, 5.41) is 10.2. The second-order valence-corrected chi connectivity index (χ2v) is 15.3. The molecule has 0 bridgehead atoms. The Balaban J connectivity index is 2.41. The zero-order chi connectivity index (χ0) is 39.0. The van der Waals surface area contributed by atoms with Crippen LogP contribution < -0.4 is 5.73 Å². The maximum Gasteiger partial charge on any atom is 0.472 e. The molecule has 4 N–H and O–H groups in total. The summed E-state index contributed by atoms with van der Waals surface area (Å²) in [6.07, 6.45) is 32.0. The van der Waals surface area contributed by atoms with E-state index in [2.05, 4.69) is 26.0 Å². The molecule has 0 aromatic carbocycles. The van der Waals surface area contributed by atoms with E-state index < -0.39 is 38.6 Å². The molecule has 0 spiro atoms. The quantitative estimate of drug-likeness (QED) is 0.0247. The Kier molecular flexibility index (Phi) is 29.3. The van der Waals surface area contributed by atoms with Crippen LogP contribution in [-0.4, -0.2) is 66.3 Å². The van der Waals surface area contributed by atoms with Gasteiger partial charge in [0.25, 0.3) is 0 Å². The topological polar surface area (TPSA) is 172 Å². The number of aliphatic hydroxyl groups is 1. The highest BCUT2D eigenvalue weighted by atomic mass is 31.2. The van der Waals surface area contributed by atoms with Crippen molar-refractivity contribution in [2.75, 3.05) is 26.4 Å². The lowest BCUT2D eigenvalue weighted by Gasteiger charge is -2.19. The molecule has 0 aliphatic heterocycles. The van der Waals surface area contributed by atoms with Gasteiger partial charge < -0.3 is 25.2 Å². The van der Waals surface area contributed by atoms with E-state index in [0.29, 0.717) is 32.1 Å². The van der Waals surface area contributed by atoms with Gasteiger partial charge in [-0.1, -0.05) is 114 Å². The van der Waals surface area contributed by atoms with Crippen LogP contribution in [0.4, 0.5) is 0 Å². The normalized spacial score (nSPS) is 18.3. The Hall–Kier alpha value is -2.40. The number of phosphoric acid groups is 1. The number of hydrogen-bond donors (Lipinski definition) is 3. The molecule has 53 heavy (non-hydrogen) atoms. The third-order valence-corrected chi connectivity index (χ3v) is 9.92. The zero-order valence-corrected chi connectivity index (χ0v) is 33.5. The molecule has 11 nitrogen and oxygen atoms in total. The molecule has 0 aromatic heterocycles. The molecular weight excluding hydrogens is 697 g/mol. The highest BCUT2D eigenvalue weighted by Gasteiger charge is 2.27. The van der Waals surface area contributed by atoms with Crippen molar-refractivity contribution in [3.05, 3.63) is 48.6 Å². The van der Waals surface area contributed by atoms with Crippen LogP contribution in [0.3, 0.4) is 0 Å². The Morgan fingerprint density at radius 1 is 0.830 bits per heavy atom. The van der Waals surface area contributed by atoms with Crippen molar-refractivity contribution in [2.24, 2.45) is 17.6 Å². The predicted molar refractivity (Wildman–Crippen MR) is 210 cm³/mol. The van der Waals surface area contributed by atoms with Crippen molar-refractivity contribution in [3.63, 3.8) is 0 Å². The van der Waals surface area contributed by atoms with Gasteiger partial charge in [-0.25, -0.2) is 4.57 Å². The first-order valence-electron chi connectivity index (χ1n) is 20.2. The van der Waals surface area contributed by atoms with Gasteiger partial charge >= 0.3 is 19.8 Å². The number of nitrogens with two attached hydrogens (primary N) is 1. The summed E-state index contributed by atoms with van der Waals surface area (Å²) < 4.78 is 32.6. The minimum Gasteiger partial charge on any atom is -0.462 e. The van der Waals surface area contributed by atoms with Crippen molar-refractivity contribution in [2.45, 2.75) is 154 Å². The van der Waals surface area contributed by atoms with Gasteiger partial charge in [-0.15, -0.1) is 0 Å². The number of carbonyl (C=O) groups excluding carboxylic acids is 3. The number of ketones is 1. The van der Waals surface area contributed by atoms with Gasteiger partial charge in [0.1, 0.15) is 6.61 Å². The van der Waals surface area contributed by atoms with Crippen LogP contribution in [0.5, 0.6) is 0 Å². The monoisotopic (exact) mass is 767 g/mol. The number of unbranched alkanes of at least 4 members (excludes halogenated alkanes) is 12. The second-order valence-electron chi connectivity index (χ2n) is 13.8. The molecule has 0 radical (unpaired) electrons. The van der Waals surface area contributed by atoms with E-state index in [0.717, 1.165) is 57.8 Å². The molecule has 5 atom stereocenters. The first kappa shape index (κ1) is 48.6. The summed E-state index contributed by atoms with van der Waals surface area (Å²) in [5.74, 6) is -1.20. The predicted octanol–water partition coefficient (Wildman–Crippen LogP) is 8.78. The van der Waals surface area contributed by atoms with Gasteiger partial charge in [-0.2, -0.15) is 0 Å². The van der Waals surface area contributed by atoms with Crippen molar-refractivity contribution < 1.29 is 47.5 Å². The van der Waals surface area contributed by atoms with E-state index in [-0.39, 0.29) is 50.2 Å². The molecule has 12 heteroatoms. The van der Waals surface area contributed by atoms with Crippen LogP contribution in [0.1, 0.15) is 142 Å². The third-order valence-electron chi connectivity index (χ3n) is 8.94. The highest BCUT2D eigenvalue weighted by molar-refractivity contribution is 7.47. The summed E-state index contributed by atoms with van der Waals surface area (Å²) in [5.41, 5.74) is 5.33. The lowest BCUT2D eigenvalue weighted by Crippen LogP contribution is -2.29. The lowest BCUT2D eigenvalue weighted by molar-refractivity contribution is -0.161. The number of rotatable bonds is 34. The molecule has 1 aliphatic rings. The Labute approximate surface area is 319 Å². The molecule has 0 amide bonds. The zero-order valence-electron chi connectivity index (χ0n) is 32.6. The summed E-state index contributed by atoms with van der Waals surface area (Å²) in [4.78, 5) is 47.2. The van der Waals surface area contributed by atoms with Crippen LogP contribution in [0.25, 0.3) is 0 Å². The molecule has 0 saturated heterocycles. The van der Waals surface area contributed by atoms with Crippen LogP contribution in [-0.2, 0) is 37.5 Å². The highest BCUT2D eigenvalue weighted by Crippen LogP contribution is 2.43. The molecule has 0 aromatic rings. The standard InChI is InChI=1S/C41H70NO10P/c1-3-5-7-8-9-10-11-12-13-14-15-16-22-26-41(46)52-37(34-51-53(47,48)50-32-31-42)33-49-40(45)25-21-18-17-20-23-35-27-30-39(44)38(35)29-28-36(43)24-19-6-4-2/h10-11,17,20,27-30,35-38,43H,3-9,12-16,18-19,21-26,31-34,42H2,1-2H3,(H,47,48)/b11-10-,20-17-,29-28+/t35-,36-,37+,38+/m0/s1. The van der Waals surface area contributed by atoms with Crippen molar-refractivity contribution in [1.82, 2.24) is 0 Å². The van der Waals surface area contributed by atoms with Crippen LogP contribution >= 0.6 is 7.82 Å². The van der Waals surface area contributed by atoms with Crippen molar-refractivity contribution >= 4 is 25.5 Å². The van der Waals surface area contributed by atoms with Gasteiger partial charge in [0.15, 0.2) is 11.9 Å². The fourth-order valence-corrected chi connectivity index (χ4v) is 6.56. The van der Waals surface area contributed by atoms with Crippen LogP contribution in [0, 0.1) is 11.8 Å². The number of allylic oxidation sites excluding steroid dienone is 7. The van der Waals surface area contributed by atoms with Gasteiger partial charge in [-0.05, 0) is 69.8 Å². The first-order valence-corrected chi connectivity index (χ1v) is 21.7. The fraction of sp³-hybridized carbons (Fsp3) is 0.732. The van der Waals surface area contributed by atoms with Gasteiger partial charge in [0.05, 0.1) is 19.3 Å². The van der Waals surface area contributed by atoms with Crippen molar-refractivity contribution in [1.29, 1.82) is 0 Å². The summed E-state index contributed by atoms with van der Waals surface area (Å²) >= 11 is 0. The minimum absolute atomic E-state index is 0.0222. The number of ether oxygens (including phenoxy) is 2. The smallest absolute Gasteiger partial charge is 0.462 e. The van der Waals surface area contributed by atoms with Gasteiger partial charge in [0, 0.05) is 25.3 Å². The SMILES string of the molecule is CCCCCC/C=C\CCCCCCCC(=O)O[C@H](COC(=O)CCC/C=C\C[C@H]1C=CC(=O)[C@@H]1/C=C/[C@@H](O)CCCCC)COP(=O)(O)OCCN. The third kappa shape index (κ3) is 26.9. The molecule has 0 saturated carbocycles. The van der Waals surface area contributed by atoms with Gasteiger partial charge in [-0.3, -0.25) is 23.4 Å². The Morgan fingerprint density at radius 2 is 1.45 bits per heavy atom. The molecule has 1 unspecified atom stereocenters. The average molecular weight is 768 g/mol. The van der Waals surface area contributed by atoms with E-state index >= 15 is 0 Å². The molecule has 0 fully saturated rings. The number of aliphatic hydroxyl groups excluding tert-OH is 1. The van der Waals surface area contributed by atoms with Crippen molar-refractivity contribution in [3.8, 4) is 0 Å². The first-order chi connectivity index (χ1) is 25.6. The molecule has 1 aliphatic carbocycles. The molecule has 1 rings (SSSR count). The Morgan fingerprint density at radius 3 is 2.17 bits per heavy atom. The number of phosphoric ester groups is 1. The van der Waals surface area contributed by atoms with Crippen LogP contribution in [0.15, 0.2) is 48.6 Å². The molecular formula is C41H70NO10P. The summed E-state index contributed by atoms with van der Waals surface area (Å²) in [6, 6.07) is 0. The number of esters is 2. The average Bonchev–Trinajstić information content (AvgIpc) is 3.49. The van der Waals surface area contributed by atoms with E-state index in [1.165, 1.54) is 25.7 Å². The summed E-state index contributed by atoms with van der Waals surface area (Å²) in [6.45, 7) is 3.36. The molecule has 0 heterocycles. The largest absolute Gasteiger partial charge is 0.472 e. The fourth-order valence-electron chi connectivity index (χ4n) is 5.79. The van der Waals surface area contributed by atoms with E-state index in [1.807, 2.05) is 24.3 Å². The number of carbonyl (C=O) groups is 3. The maximum absolute atomic E-state index is 12.6. The lowest BCUT2D eigenvalue weighted by atomic mass is 9.90. The van der Waals surface area contributed by atoms with Crippen LogP contribution in [0.2, 0.25) is 0 Å². The van der Waals surface area contributed by atoms with E-state index in [4.69, 9.17) is 24.3 Å².